The van der Waals surface area contributed by atoms with Crippen LogP contribution in [0.25, 0.3) is 0 Å². The molecule has 3 atom stereocenters. The van der Waals surface area contributed by atoms with Crippen molar-refractivity contribution in [1.29, 1.82) is 0 Å². The van der Waals surface area contributed by atoms with E-state index in [0.29, 0.717) is 6.04 Å². The maximum atomic E-state index is 5.53. The lowest BCUT2D eigenvalue weighted by Gasteiger charge is -2.31. The van der Waals surface area contributed by atoms with Gasteiger partial charge in [-0.05, 0) is 27.2 Å². The van der Waals surface area contributed by atoms with Crippen molar-refractivity contribution in [3.05, 3.63) is 0 Å². The molecule has 0 bridgehead atoms. The van der Waals surface area contributed by atoms with Crippen molar-refractivity contribution in [2.24, 2.45) is 0 Å². The third-order valence-electron chi connectivity index (χ3n) is 3.86. The highest BCUT2D eigenvalue weighted by molar-refractivity contribution is 4.90. The Bertz CT molecular complexity index is 241. The molecule has 0 spiro atoms. The summed E-state index contributed by atoms with van der Waals surface area (Å²) in [4.78, 5) is 2.52. The highest BCUT2D eigenvalue weighted by atomic mass is 16.5. The van der Waals surface area contributed by atoms with E-state index >= 15 is 0 Å². The molecule has 1 aliphatic rings. The lowest BCUT2D eigenvalue weighted by Crippen LogP contribution is -2.47. The van der Waals surface area contributed by atoms with Crippen molar-refractivity contribution in [2.45, 2.75) is 64.3 Å². The molecule has 1 fully saturated rings. The van der Waals surface area contributed by atoms with Gasteiger partial charge in [0.05, 0.1) is 12.2 Å². The first-order valence-corrected chi connectivity index (χ1v) is 7.46. The highest BCUT2D eigenvalue weighted by Crippen LogP contribution is 2.20. The summed E-state index contributed by atoms with van der Waals surface area (Å²) in [6, 6.07) is 0.571. The second kappa shape index (κ2) is 7.58. The molecular formula is C15H32N2O2. The second-order valence-corrected chi connectivity index (χ2v) is 6.58. The molecular weight excluding hydrogens is 240 g/mol. The fourth-order valence-corrected chi connectivity index (χ4v) is 2.69. The highest BCUT2D eigenvalue weighted by Gasteiger charge is 2.36. The van der Waals surface area contributed by atoms with Crippen molar-refractivity contribution in [3.63, 3.8) is 0 Å². The molecule has 0 aromatic heterocycles. The fraction of sp³-hybridized carbons (Fsp3) is 1.00. The molecule has 0 aromatic carbocycles. The monoisotopic (exact) mass is 272 g/mol. The molecule has 3 unspecified atom stereocenters. The average Bonchev–Trinajstić information content (AvgIpc) is 2.76. The summed E-state index contributed by atoms with van der Waals surface area (Å²) >= 11 is 0. The van der Waals surface area contributed by atoms with Crippen LogP contribution in [-0.4, -0.2) is 62.5 Å². The van der Waals surface area contributed by atoms with Crippen LogP contribution in [0.1, 0.15) is 40.5 Å². The first kappa shape index (κ1) is 16.9. The van der Waals surface area contributed by atoms with E-state index in [1.165, 1.54) is 12.8 Å². The molecule has 0 radical (unpaired) electrons. The minimum absolute atomic E-state index is 0.174. The van der Waals surface area contributed by atoms with Crippen molar-refractivity contribution >= 4 is 0 Å². The van der Waals surface area contributed by atoms with E-state index in [9.17, 15) is 0 Å². The first-order chi connectivity index (χ1) is 8.91. The predicted molar refractivity (Wildman–Crippen MR) is 79.6 cm³/mol. The van der Waals surface area contributed by atoms with Gasteiger partial charge >= 0.3 is 0 Å². The summed E-state index contributed by atoms with van der Waals surface area (Å²) in [5.74, 6) is 0. The van der Waals surface area contributed by atoms with E-state index in [1.54, 1.807) is 14.2 Å². The molecule has 114 valence electrons. The summed E-state index contributed by atoms with van der Waals surface area (Å²) in [6.45, 7) is 11.9. The SMILES string of the molecule is CCCC(CNC(C)(C)C)N1CC(OC)C(OC)C1. The number of rotatable bonds is 7. The van der Waals surface area contributed by atoms with E-state index in [2.05, 4.69) is 37.9 Å². The summed E-state index contributed by atoms with van der Waals surface area (Å²) in [7, 11) is 3.56. The third kappa shape index (κ3) is 5.38. The Morgan fingerprint density at radius 1 is 1.16 bits per heavy atom. The maximum Gasteiger partial charge on any atom is 0.0971 e. The Morgan fingerprint density at radius 3 is 2.05 bits per heavy atom. The molecule has 1 saturated heterocycles. The van der Waals surface area contributed by atoms with Crippen LogP contribution in [0, 0.1) is 0 Å². The van der Waals surface area contributed by atoms with Crippen molar-refractivity contribution in [1.82, 2.24) is 10.2 Å². The summed E-state index contributed by atoms with van der Waals surface area (Å²) in [5.41, 5.74) is 0.174. The van der Waals surface area contributed by atoms with Crippen molar-refractivity contribution in [3.8, 4) is 0 Å². The minimum Gasteiger partial charge on any atom is -0.377 e. The molecule has 0 aliphatic carbocycles. The lowest BCUT2D eigenvalue weighted by molar-refractivity contribution is -0.00461. The van der Waals surface area contributed by atoms with Crippen LogP contribution in [0.5, 0.6) is 0 Å². The van der Waals surface area contributed by atoms with Crippen LogP contribution < -0.4 is 5.32 Å². The quantitative estimate of drug-likeness (QED) is 0.767. The number of likely N-dealkylation sites (tertiary alicyclic amines) is 1. The number of hydrogen-bond donors (Lipinski definition) is 1. The molecule has 1 heterocycles. The van der Waals surface area contributed by atoms with Crippen LogP contribution in [-0.2, 0) is 9.47 Å². The van der Waals surface area contributed by atoms with E-state index in [-0.39, 0.29) is 17.7 Å². The Kier molecular flexibility index (Phi) is 6.74. The van der Waals surface area contributed by atoms with E-state index < -0.39 is 0 Å². The number of nitrogens with one attached hydrogen (secondary N) is 1. The zero-order valence-corrected chi connectivity index (χ0v) is 13.5. The lowest BCUT2D eigenvalue weighted by atomic mass is 10.1. The van der Waals surface area contributed by atoms with Gasteiger partial charge in [0.25, 0.3) is 0 Å². The summed E-state index contributed by atoms with van der Waals surface area (Å²) < 4.78 is 11.1. The van der Waals surface area contributed by atoms with Crippen LogP contribution >= 0.6 is 0 Å². The fourth-order valence-electron chi connectivity index (χ4n) is 2.69. The standard InChI is InChI=1S/C15H32N2O2/c1-7-8-12(9-16-15(2,3)4)17-10-13(18-5)14(11-17)19-6/h12-14,16H,7-11H2,1-6H3. The van der Waals surface area contributed by atoms with Gasteiger partial charge < -0.3 is 14.8 Å². The molecule has 1 N–H and O–H groups in total. The van der Waals surface area contributed by atoms with Gasteiger partial charge in [0, 0.05) is 45.4 Å². The summed E-state index contributed by atoms with van der Waals surface area (Å²) in [5, 5.41) is 3.63. The number of nitrogens with zero attached hydrogens (tertiary/aromatic N) is 1. The smallest absolute Gasteiger partial charge is 0.0971 e. The van der Waals surface area contributed by atoms with Gasteiger partial charge in [-0.3, -0.25) is 4.90 Å². The van der Waals surface area contributed by atoms with E-state index in [4.69, 9.17) is 9.47 Å². The Hall–Kier alpha value is -0.160. The third-order valence-corrected chi connectivity index (χ3v) is 3.86. The van der Waals surface area contributed by atoms with E-state index in [1.807, 2.05) is 0 Å². The molecule has 4 nitrogen and oxygen atoms in total. The van der Waals surface area contributed by atoms with Gasteiger partial charge in [0.15, 0.2) is 0 Å². The zero-order chi connectivity index (χ0) is 14.5. The van der Waals surface area contributed by atoms with E-state index in [0.717, 1.165) is 19.6 Å². The van der Waals surface area contributed by atoms with Gasteiger partial charge in [-0.25, -0.2) is 0 Å². The van der Waals surface area contributed by atoms with Gasteiger partial charge in [0.1, 0.15) is 0 Å². The maximum absolute atomic E-state index is 5.53. The molecule has 19 heavy (non-hydrogen) atoms. The van der Waals surface area contributed by atoms with Crippen molar-refractivity contribution < 1.29 is 9.47 Å². The largest absolute Gasteiger partial charge is 0.377 e. The van der Waals surface area contributed by atoms with Crippen LogP contribution in [0.4, 0.5) is 0 Å². The van der Waals surface area contributed by atoms with Gasteiger partial charge in [-0.2, -0.15) is 0 Å². The molecule has 0 aromatic rings. The van der Waals surface area contributed by atoms with Crippen LogP contribution in [0.3, 0.4) is 0 Å². The average molecular weight is 272 g/mol. The van der Waals surface area contributed by atoms with Gasteiger partial charge in [-0.1, -0.05) is 13.3 Å². The number of ether oxygens (including phenoxy) is 2. The first-order valence-electron chi connectivity index (χ1n) is 7.46. The Labute approximate surface area is 118 Å². The molecule has 1 aliphatic heterocycles. The van der Waals surface area contributed by atoms with Crippen LogP contribution in [0.2, 0.25) is 0 Å². The Morgan fingerprint density at radius 2 is 1.68 bits per heavy atom. The number of methoxy groups -OCH3 is 2. The minimum atomic E-state index is 0.174. The zero-order valence-electron chi connectivity index (χ0n) is 13.5. The predicted octanol–water partition coefficient (Wildman–Crippen LogP) is 1.89. The molecule has 4 heteroatoms. The van der Waals surface area contributed by atoms with Gasteiger partial charge in [-0.15, -0.1) is 0 Å². The number of hydrogen-bond acceptors (Lipinski definition) is 4. The molecule has 0 saturated carbocycles. The second-order valence-electron chi connectivity index (χ2n) is 6.58. The molecule has 0 amide bonds. The Balaban J connectivity index is 2.56. The molecule has 1 rings (SSSR count). The summed E-state index contributed by atoms with van der Waals surface area (Å²) in [6.07, 6.45) is 2.84. The normalized spacial score (nSPS) is 26.8. The van der Waals surface area contributed by atoms with Crippen molar-refractivity contribution in [2.75, 3.05) is 33.9 Å². The topological polar surface area (TPSA) is 33.7 Å². The van der Waals surface area contributed by atoms with Gasteiger partial charge in [0.2, 0.25) is 0 Å². The van der Waals surface area contributed by atoms with Crippen LogP contribution in [0.15, 0.2) is 0 Å².